The van der Waals surface area contributed by atoms with Crippen LogP contribution >= 0.6 is 11.6 Å². The van der Waals surface area contributed by atoms with Gasteiger partial charge in [-0.15, -0.1) is 0 Å². The molecule has 4 aromatic rings. The number of H-pyrrole nitrogens is 1. The first kappa shape index (κ1) is 23.8. The predicted octanol–water partition coefficient (Wildman–Crippen LogP) is 6.51. The summed E-state index contributed by atoms with van der Waals surface area (Å²) in [5.74, 6) is -0.430. The van der Waals surface area contributed by atoms with Crippen molar-refractivity contribution in [1.82, 2.24) is 14.5 Å². The second kappa shape index (κ2) is 10.3. The number of nitrogens with one attached hydrogen (secondary N) is 1. The lowest BCUT2D eigenvalue weighted by Gasteiger charge is -2.33. The Bertz CT molecular complexity index is 1290. The zero-order chi connectivity index (χ0) is 24.4. The molecule has 0 saturated carbocycles. The van der Waals surface area contributed by atoms with Crippen LogP contribution in [0, 0.1) is 11.6 Å². The molecule has 1 aliphatic rings. The monoisotopic (exact) mass is 495 g/mol. The van der Waals surface area contributed by atoms with Crippen molar-refractivity contribution in [2.45, 2.75) is 37.6 Å². The topological polar surface area (TPSA) is 41.0 Å². The molecule has 35 heavy (non-hydrogen) atoms. The first-order chi connectivity index (χ1) is 17.0. The Labute approximate surface area is 208 Å². The van der Waals surface area contributed by atoms with Gasteiger partial charge in [-0.05, 0) is 85.8 Å². The molecule has 1 saturated heterocycles. The number of imidazole rings is 1. The van der Waals surface area contributed by atoms with Crippen LogP contribution in [0.2, 0.25) is 5.02 Å². The molecule has 182 valence electrons. The molecular weight excluding hydrogens is 468 g/mol. The van der Waals surface area contributed by atoms with Gasteiger partial charge >= 0.3 is 5.69 Å². The third-order valence-corrected chi connectivity index (χ3v) is 7.35. The molecule has 1 N–H and O–H groups in total. The molecule has 0 aliphatic carbocycles. The molecule has 4 nitrogen and oxygen atoms in total. The van der Waals surface area contributed by atoms with Crippen LogP contribution in [0.25, 0.3) is 11.0 Å². The number of hydrogen-bond acceptors (Lipinski definition) is 2. The molecule has 7 heteroatoms. The van der Waals surface area contributed by atoms with Gasteiger partial charge in [-0.2, -0.15) is 0 Å². The summed E-state index contributed by atoms with van der Waals surface area (Å²) in [6.45, 7) is 2.78. The van der Waals surface area contributed by atoms with E-state index in [1.165, 1.54) is 24.3 Å². The van der Waals surface area contributed by atoms with Gasteiger partial charge in [0, 0.05) is 30.1 Å². The minimum Gasteiger partial charge on any atom is -0.306 e. The van der Waals surface area contributed by atoms with E-state index in [-0.39, 0.29) is 29.3 Å². The van der Waals surface area contributed by atoms with E-state index in [9.17, 15) is 13.6 Å². The van der Waals surface area contributed by atoms with E-state index in [4.69, 9.17) is 11.6 Å². The van der Waals surface area contributed by atoms with Crippen LogP contribution in [0.5, 0.6) is 0 Å². The molecule has 0 unspecified atom stereocenters. The number of benzene rings is 3. The molecule has 0 radical (unpaired) electrons. The predicted molar refractivity (Wildman–Crippen MR) is 136 cm³/mol. The van der Waals surface area contributed by atoms with Gasteiger partial charge in [0.05, 0.1) is 11.0 Å². The summed E-state index contributed by atoms with van der Waals surface area (Å²) in [7, 11) is 0. The third-order valence-electron chi connectivity index (χ3n) is 7.11. The first-order valence-corrected chi connectivity index (χ1v) is 12.5. The van der Waals surface area contributed by atoms with Crippen molar-refractivity contribution in [2.75, 3.05) is 19.6 Å². The molecule has 3 aromatic carbocycles. The van der Waals surface area contributed by atoms with Gasteiger partial charge in [0.2, 0.25) is 0 Å². The Morgan fingerprint density at radius 3 is 2.11 bits per heavy atom. The SMILES string of the molecule is O=c1[nH]c2ccc(Cl)cc2n1C1CCN(CCCC(c2ccc(F)cc2)c2ccc(F)cc2)CC1. The molecule has 1 aliphatic heterocycles. The number of hydrogen-bond donors (Lipinski definition) is 1. The smallest absolute Gasteiger partial charge is 0.306 e. The van der Waals surface area contributed by atoms with Gasteiger partial charge in [-0.25, -0.2) is 13.6 Å². The quantitative estimate of drug-likeness (QED) is 0.317. The van der Waals surface area contributed by atoms with Crippen LogP contribution in [0.15, 0.2) is 71.5 Å². The summed E-state index contributed by atoms with van der Waals surface area (Å²) in [6.07, 6.45) is 3.65. The van der Waals surface area contributed by atoms with E-state index in [1.54, 1.807) is 6.07 Å². The average Bonchev–Trinajstić information content (AvgIpc) is 3.18. The largest absolute Gasteiger partial charge is 0.326 e. The summed E-state index contributed by atoms with van der Waals surface area (Å²) in [6, 6.07) is 18.9. The standard InChI is InChI=1S/C28H28ClF2N3O/c29-21-7-12-26-27(18-21)34(28(35)32-26)24-13-16-33(17-14-24)15-1-2-25(19-3-8-22(30)9-4-19)20-5-10-23(31)11-6-20/h3-12,18,24-25H,1-2,13-17H2,(H,32,35). The van der Waals surface area contributed by atoms with Gasteiger partial charge in [0.25, 0.3) is 0 Å². The molecule has 0 atom stereocenters. The maximum Gasteiger partial charge on any atom is 0.326 e. The van der Waals surface area contributed by atoms with Gasteiger partial charge < -0.3 is 9.88 Å². The zero-order valence-electron chi connectivity index (χ0n) is 19.4. The highest BCUT2D eigenvalue weighted by Gasteiger charge is 2.24. The molecule has 1 aromatic heterocycles. The first-order valence-electron chi connectivity index (χ1n) is 12.1. The average molecular weight is 496 g/mol. The van der Waals surface area contributed by atoms with Crippen molar-refractivity contribution < 1.29 is 8.78 Å². The van der Waals surface area contributed by atoms with Crippen LogP contribution in [-0.2, 0) is 0 Å². The number of fused-ring (bicyclic) bond motifs is 1. The summed E-state index contributed by atoms with van der Waals surface area (Å²) in [5.41, 5.74) is 3.67. The fourth-order valence-corrected chi connectivity index (χ4v) is 5.46. The van der Waals surface area contributed by atoms with Crippen molar-refractivity contribution in [3.63, 3.8) is 0 Å². The lowest BCUT2D eigenvalue weighted by Crippen LogP contribution is -2.37. The van der Waals surface area contributed by atoms with Gasteiger partial charge in [-0.3, -0.25) is 4.57 Å². The van der Waals surface area contributed by atoms with Crippen LogP contribution in [0.4, 0.5) is 8.78 Å². The van der Waals surface area contributed by atoms with E-state index < -0.39 is 0 Å². The van der Waals surface area contributed by atoms with Crippen molar-refractivity contribution in [1.29, 1.82) is 0 Å². The van der Waals surface area contributed by atoms with Crippen LogP contribution in [0.3, 0.4) is 0 Å². The number of rotatable bonds is 7. The second-order valence-corrected chi connectivity index (χ2v) is 9.77. The lowest BCUT2D eigenvalue weighted by atomic mass is 9.87. The van der Waals surface area contributed by atoms with Crippen LogP contribution < -0.4 is 5.69 Å². The molecule has 0 amide bonds. The molecule has 5 rings (SSSR count). The minimum atomic E-state index is -0.258. The number of aromatic nitrogens is 2. The maximum absolute atomic E-state index is 13.5. The summed E-state index contributed by atoms with van der Waals surface area (Å²) in [5, 5.41) is 0.625. The van der Waals surface area contributed by atoms with Crippen molar-refractivity contribution >= 4 is 22.6 Å². The highest BCUT2D eigenvalue weighted by atomic mass is 35.5. The fourth-order valence-electron chi connectivity index (χ4n) is 5.29. The van der Waals surface area contributed by atoms with Crippen molar-refractivity contribution in [2.24, 2.45) is 0 Å². The third kappa shape index (κ3) is 5.34. The molecular formula is C28H28ClF2N3O. The minimum absolute atomic E-state index is 0.0813. The van der Waals surface area contributed by atoms with E-state index in [0.717, 1.165) is 67.5 Å². The summed E-state index contributed by atoms with van der Waals surface area (Å²) in [4.78, 5) is 18.0. The summed E-state index contributed by atoms with van der Waals surface area (Å²) >= 11 is 6.17. The number of likely N-dealkylation sites (tertiary alicyclic amines) is 1. The van der Waals surface area contributed by atoms with E-state index in [2.05, 4.69) is 9.88 Å². The Balaban J connectivity index is 1.21. The lowest BCUT2D eigenvalue weighted by molar-refractivity contribution is 0.183. The second-order valence-electron chi connectivity index (χ2n) is 9.33. The zero-order valence-corrected chi connectivity index (χ0v) is 20.1. The number of nitrogens with zero attached hydrogens (tertiary/aromatic N) is 2. The van der Waals surface area contributed by atoms with E-state index in [1.807, 2.05) is 41.0 Å². The highest BCUT2D eigenvalue weighted by molar-refractivity contribution is 6.31. The van der Waals surface area contributed by atoms with Gasteiger partial charge in [-0.1, -0.05) is 35.9 Å². The fraction of sp³-hybridized carbons (Fsp3) is 0.321. The Kier molecular flexibility index (Phi) is 7.02. The molecule has 0 spiro atoms. The number of aromatic amines is 1. The van der Waals surface area contributed by atoms with Gasteiger partial charge in [0.1, 0.15) is 11.6 Å². The summed E-state index contributed by atoms with van der Waals surface area (Å²) < 4.78 is 28.8. The normalized spacial score (nSPS) is 15.3. The number of piperidine rings is 1. The number of halogens is 3. The van der Waals surface area contributed by atoms with E-state index >= 15 is 0 Å². The molecule has 2 heterocycles. The maximum atomic E-state index is 13.5. The Hall–Kier alpha value is -2.96. The van der Waals surface area contributed by atoms with Crippen molar-refractivity contribution in [3.05, 3.63) is 105 Å². The van der Waals surface area contributed by atoms with Crippen molar-refractivity contribution in [3.8, 4) is 0 Å². The van der Waals surface area contributed by atoms with Crippen LogP contribution in [-0.4, -0.2) is 34.1 Å². The van der Waals surface area contributed by atoms with Crippen LogP contribution in [0.1, 0.15) is 48.8 Å². The van der Waals surface area contributed by atoms with E-state index in [0.29, 0.717) is 5.02 Å². The Morgan fingerprint density at radius 2 is 1.51 bits per heavy atom. The molecule has 1 fully saturated rings. The van der Waals surface area contributed by atoms with Gasteiger partial charge in [0.15, 0.2) is 0 Å². The molecule has 0 bridgehead atoms. The Morgan fingerprint density at radius 1 is 0.914 bits per heavy atom. The highest BCUT2D eigenvalue weighted by Crippen LogP contribution is 2.31.